The van der Waals surface area contributed by atoms with E-state index in [1.165, 1.54) is 67.9 Å². The molecule has 0 spiro atoms. The molecule has 2 N–H and O–H groups in total. The lowest BCUT2D eigenvalue weighted by Gasteiger charge is -2.48. The lowest BCUT2D eigenvalue weighted by atomic mass is 9.72. The highest BCUT2D eigenvalue weighted by molar-refractivity contribution is 5.59. The van der Waals surface area contributed by atoms with E-state index in [4.69, 9.17) is 0 Å². The van der Waals surface area contributed by atoms with Crippen molar-refractivity contribution in [1.82, 2.24) is 15.1 Å². The maximum absolute atomic E-state index is 4.17. The average Bonchev–Trinajstić information content (AvgIpc) is 2.85. The zero-order valence-corrected chi connectivity index (χ0v) is 21.0. The lowest BCUT2D eigenvalue weighted by molar-refractivity contribution is 0.116. The summed E-state index contributed by atoms with van der Waals surface area (Å²) in [7, 11) is 2.24. The highest BCUT2D eigenvalue weighted by atomic mass is 15.3. The van der Waals surface area contributed by atoms with Crippen molar-refractivity contribution in [3.05, 3.63) is 65.2 Å². The van der Waals surface area contributed by atoms with Crippen LogP contribution in [0.4, 0.5) is 5.69 Å². The molecule has 3 aliphatic rings. The van der Waals surface area contributed by atoms with Crippen LogP contribution < -0.4 is 10.6 Å². The standard InChI is InChI=1S/C29H42N4/c1-5-29(2,3)22-11-14-26-25(19-22)28-24(27(31-26)21-9-7-6-8-10-21)13-12-23(30-28)20-33-17-15-32(4)16-18-33/h6-11,14,19,23-24,27-28,30-31H,5,12-13,15-18,20H2,1-4H3/t23?,24?,27-,28?/m0/s1. The molecule has 33 heavy (non-hydrogen) atoms. The Morgan fingerprint density at radius 1 is 0.939 bits per heavy atom. The number of piperidine rings is 1. The molecule has 0 aliphatic carbocycles. The van der Waals surface area contributed by atoms with E-state index in [1.807, 2.05) is 0 Å². The van der Waals surface area contributed by atoms with Crippen LogP contribution in [0.1, 0.15) is 68.8 Å². The largest absolute Gasteiger partial charge is 0.378 e. The van der Waals surface area contributed by atoms with Crippen molar-refractivity contribution in [3.8, 4) is 0 Å². The van der Waals surface area contributed by atoms with Gasteiger partial charge in [-0.1, -0.05) is 63.2 Å². The SMILES string of the molecule is CCC(C)(C)c1ccc2c(c1)C1NC(CN3CCN(C)CC3)CCC1[C@H](c1ccccc1)N2. The predicted molar refractivity (Wildman–Crippen MR) is 139 cm³/mol. The lowest BCUT2D eigenvalue weighted by Crippen LogP contribution is -2.54. The van der Waals surface area contributed by atoms with Crippen molar-refractivity contribution < 1.29 is 0 Å². The quantitative estimate of drug-likeness (QED) is 0.661. The molecule has 0 amide bonds. The van der Waals surface area contributed by atoms with Crippen molar-refractivity contribution in [1.29, 1.82) is 0 Å². The highest BCUT2D eigenvalue weighted by Gasteiger charge is 2.41. The van der Waals surface area contributed by atoms with E-state index < -0.39 is 0 Å². The topological polar surface area (TPSA) is 30.5 Å². The Morgan fingerprint density at radius 2 is 1.70 bits per heavy atom. The summed E-state index contributed by atoms with van der Waals surface area (Å²) < 4.78 is 0. The van der Waals surface area contributed by atoms with Crippen LogP contribution in [0.25, 0.3) is 0 Å². The molecule has 4 nitrogen and oxygen atoms in total. The van der Waals surface area contributed by atoms with Crippen molar-refractivity contribution in [3.63, 3.8) is 0 Å². The van der Waals surface area contributed by atoms with Gasteiger partial charge in [0, 0.05) is 56.4 Å². The number of benzene rings is 2. The molecule has 178 valence electrons. The summed E-state index contributed by atoms with van der Waals surface area (Å²) in [5.74, 6) is 0.573. The van der Waals surface area contributed by atoms with E-state index in [-0.39, 0.29) is 5.41 Å². The second-order valence-corrected chi connectivity index (χ2v) is 11.3. The number of likely N-dealkylation sites (N-methyl/N-ethyl adjacent to an activating group) is 1. The maximum Gasteiger partial charge on any atom is 0.0560 e. The van der Waals surface area contributed by atoms with Gasteiger partial charge in [-0.3, -0.25) is 4.90 Å². The summed E-state index contributed by atoms with van der Waals surface area (Å²) >= 11 is 0. The summed E-state index contributed by atoms with van der Waals surface area (Å²) in [5.41, 5.74) is 5.87. The third kappa shape index (κ3) is 4.71. The Balaban J connectivity index is 1.44. The van der Waals surface area contributed by atoms with Gasteiger partial charge in [0.1, 0.15) is 0 Å². The van der Waals surface area contributed by atoms with E-state index in [0.717, 1.165) is 6.42 Å². The number of nitrogens with one attached hydrogen (secondary N) is 2. The van der Waals surface area contributed by atoms with Crippen LogP contribution in [0, 0.1) is 5.92 Å². The molecular weight excluding hydrogens is 404 g/mol. The number of piperazine rings is 1. The molecule has 2 fully saturated rings. The van der Waals surface area contributed by atoms with Crippen LogP contribution >= 0.6 is 0 Å². The molecule has 4 heteroatoms. The zero-order chi connectivity index (χ0) is 23.0. The minimum Gasteiger partial charge on any atom is -0.378 e. The molecule has 4 atom stereocenters. The van der Waals surface area contributed by atoms with Gasteiger partial charge in [-0.05, 0) is 54.5 Å². The second-order valence-electron chi connectivity index (χ2n) is 11.3. The Kier molecular flexibility index (Phi) is 6.52. The Hall–Kier alpha value is -1.88. The minimum atomic E-state index is 0.203. The molecule has 5 rings (SSSR count). The van der Waals surface area contributed by atoms with Crippen molar-refractivity contribution in [2.24, 2.45) is 5.92 Å². The number of fused-ring (bicyclic) bond motifs is 3. The zero-order valence-electron chi connectivity index (χ0n) is 21.0. The number of rotatable bonds is 5. The molecule has 2 aromatic carbocycles. The molecule has 2 aromatic rings. The number of nitrogens with zero attached hydrogens (tertiary/aromatic N) is 2. The summed E-state index contributed by atoms with van der Waals surface area (Å²) in [4.78, 5) is 5.12. The van der Waals surface area contributed by atoms with Gasteiger partial charge in [-0.2, -0.15) is 0 Å². The minimum absolute atomic E-state index is 0.203. The second kappa shape index (κ2) is 9.40. The first-order valence-electron chi connectivity index (χ1n) is 13.1. The van der Waals surface area contributed by atoms with Gasteiger partial charge in [0.25, 0.3) is 0 Å². The number of hydrogen-bond donors (Lipinski definition) is 2. The van der Waals surface area contributed by atoms with Gasteiger partial charge >= 0.3 is 0 Å². The predicted octanol–water partition coefficient (Wildman–Crippen LogP) is 5.20. The van der Waals surface area contributed by atoms with E-state index in [0.29, 0.717) is 24.0 Å². The van der Waals surface area contributed by atoms with Gasteiger partial charge in [0.05, 0.1) is 6.04 Å². The van der Waals surface area contributed by atoms with E-state index in [1.54, 1.807) is 0 Å². The molecule has 0 saturated carbocycles. The van der Waals surface area contributed by atoms with E-state index in [2.05, 4.69) is 96.8 Å². The molecule has 3 aliphatic heterocycles. The third-order valence-electron chi connectivity index (χ3n) is 8.72. The first-order chi connectivity index (χ1) is 15.9. The van der Waals surface area contributed by atoms with Gasteiger partial charge < -0.3 is 15.5 Å². The summed E-state index contributed by atoms with van der Waals surface area (Å²) in [6.45, 7) is 13.0. The highest BCUT2D eigenvalue weighted by Crippen LogP contribution is 2.48. The fourth-order valence-corrected chi connectivity index (χ4v) is 6.03. The molecule has 0 radical (unpaired) electrons. The Morgan fingerprint density at radius 3 is 2.42 bits per heavy atom. The Bertz CT molecular complexity index is 932. The average molecular weight is 447 g/mol. The first kappa shape index (κ1) is 22.9. The maximum atomic E-state index is 4.17. The van der Waals surface area contributed by atoms with Crippen LogP contribution in [0.15, 0.2) is 48.5 Å². The van der Waals surface area contributed by atoms with Gasteiger partial charge in [-0.25, -0.2) is 0 Å². The van der Waals surface area contributed by atoms with Crippen LogP contribution in [-0.4, -0.2) is 55.6 Å². The molecular formula is C29H42N4. The Labute approximate surface area is 200 Å². The monoisotopic (exact) mass is 446 g/mol. The van der Waals surface area contributed by atoms with Crippen LogP contribution in [-0.2, 0) is 5.41 Å². The van der Waals surface area contributed by atoms with Crippen LogP contribution in [0.5, 0.6) is 0 Å². The summed E-state index contributed by atoms with van der Waals surface area (Å²) in [6, 6.07) is 19.6. The summed E-state index contributed by atoms with van der Waals surface area (Å²) in [6.07, 6.45) is 3.68. The van der Waals surface area contributed by atoms with Crippen molar-refractivity contribution in [2.75, 3.05) is 45.1 Å². The molecule has 3 unspecified atom stereocenters. The third-order valence-corrected chi connectivity index (χ3v) is 8.72. The molecule has 0 bridgehead atoms. The first-order valence-corrected chi connectivity index (χ1v) is 13.1. The fourth-order valence-electron chi connectivity index (χ4n) is 6.03. The molecule has 3 heterocycles. The molecule has 2 saturated heterocycles. The van der Waals surface area contributed by atoms with Gasteiger partial charge in [-0.15, -0.1) is 0 Å². The van der Waals surface area contributed by atoms with Crippen molar-refractivity contribution in [2.45, 2.75) is 63.6 Å². The van der Waals surface area contributed by atoms with Crippen molar-refractivity contribution >= 4 is 5.69 Å². The van der Waals surface area contributed by atoms with E-state index >= 15 is 0 Å². The van der Waals surface area contributed by atoms with Gasteiger partial charge in [0.2, 0.25) is 0 Å². The number of anilines is 1. The smallest absolute Gasteiger partial charge is 0.0560 e. The fraction of sp³-hybridized carbons (Fsp3) is 0.586. The van der Waals surface area contributed by atoms with E-state index in [9.17, 15) is 0 Å². The normalized spacial score (nSPS) is 28.6. The number of hydrogen-bond acceptors (Lipinski definition) is 4. The van der Waals surface area contributed by atoms with Crippen LogP contribution in [0.2, 0.25) is 0 Å². The van der Waals surface area contributed by atoms with Crippen LogP contribution in [0.3, 0.4) is 0 Å². The van der Waals surface area contributed by atoms with Gasteiger partial charge in [0.15, 0.2) is 0 Å². The summed E-state index contributed by atoms with van der Waals surface area (Å²) in [5, 5.41) is 8.13. The molecule has 0 aromatic heterocycles.